The Kier molecular flexibility index (Phi) is 3.70. The molecular formula is C17H22N2O2. The maximum atomic E-state index is 13.0. The number of primary amides is 1. The van der Waals surface area contributed by atoms with Crippen molar-refractivity contribution in [1.29, 1.82) is 0 Å². The van der Waals surface area contributed by atoms with Crippen LogP contribution in [0.3, 0.4) is 0 Å². The normalized spacial score (nSPS) is 24.2. The lowest BCUT2D eigenvalue weighted by Gasteiger charge is -2.45. The molecule has 1 unspecified atom stereocenters. The highest BCUT2D eigenvalue weighted by atomic mass is 16.2. The summed E-state index contributed by atoms with van der Waals surface area (Å²) in [6, 6.07) is 10.1. The number of likely N-dealkylation sites (tertiary alicyclic amines) is 1. The number of carbonyl (C=O) groups excluding carboxylic acids is 2. The average molecular weight is 286 g/mol. The van der Waals surface area contributed by atoms with Gasteiger partial charge >= 0.3 is 0 Å². The van der Waals surface area contributed by atoms with E-state index >= 15 is 0 Å². The molecule has 1 saturated carbocycles. The topological polar surface area (TPSA) is 63.4 Å². The highest BCUT2D eigenvalue weighted by Crippen LogP contribution is 2.45. The van der Waals surface area contributed by atoms with E-state index in [1.165, 1.54) is 0 Å². The number of hydrogen-bond acceptors (Lipinski definition) is 2. The van der Waals surface area contributed by atoms with E-state index in [2.05, 4.69) is 0 Å². The van der Waals surface area contributed by atoms with E-state index in [1.54, 1.807) is 0 Å². The molecule has 4 nitrogen and oxygen atoms in total. The van der Waals surface area contributed by atoms with E-state index in [9.17, 15) is 9.59 Å². The van der Waals surface area contributed by atoms with Gasteiger partial charge in [-0.05, 0) is 31.2 Å². The Morgan fingerprint density at radius 3 is 2.43 bits per heavy atom. The van der Waals surface area contributed by atoms with E-state index in [0.717, 1.165) is 44.2 Å². The third-order valence-electron chi connectivity index (χ3n) is 5.05. The quantitative estimate of drug-likeness (QED) is 0.921. The monoisotopic (exact) mass is 286 g/mol. The van der Waals surface area contributed by atoms with Crippen molar-refractivity contribution >= 4 is 11.8 Å². The Morgan fingerprint density at radius 2 is 1.86 bits per heavy atom. The fourth-order valence-corrected chi connectivity index (χ4v) is 3.61. The molecule has 1 aromatic rings. The van der Waals surface area contributed by atoms with Crippen molar-refractivity contribution in [3.05, 3.63) is 35.9 Å². The molecule has 112 valence electrons. The first kappa shape index (κ1) is 14.1. The molecular weight excluding hydrogens is 264 g/mol. The van der Waals surface area contributed by atoms with Gasteiger partial charge in [-0.15, -0.1) is 0 Å². The molecule has 1 saturated heterocycles. The van der Waals surface area contributed by atoms with Crippen molar-refractivity contribution in [2.24, 2.45) is 11.7 Å². The summed E-state index contributed by atoms with van der Waals surface area (Å²) in [7, 11) is 0. The fourth-order valence-electron chi connectivity index (χ4n) is 3.61. The van der Waals surface area contributed by atoms with Crippen molar-refractivity contribution in [2.45, 2.75) is 37.5 Å². The van der Waals surface area contributed by atoms with Gasteiger partial charge in [0.1, 0.15) is 0 Å². The van der Waals surface area contributed by atoms with Crippen molar-refractivity contribution in [3.8, 4) is 0 Å². The summed E-state index contributed by atoms with van der Waals surface area (Å²) in [5.41, 5.74) is 6.17. The van der Waals surface area contributed by atoms with Crippen LogP contribution in [-0.2, 0) is 15.0 Å². The summed E-state index contributed by atoms with van der Waals surface area (Å²) in [6.07, 6.45) is 4.58. The molecule has 1 aliphatic heterocycles. The summed E-state index contributed by atoms with van der Waals surface area (Å²) in [4.78, 5) is 26.3. The minimum atomic E-state index is -0.360. The van der Waals surface area contributed by atoms with Crippen LogP contribution in [0.15, 0.2) is 30.3 Å². The van der Waals surface area contributed by atoms with Crippen LogP contribution in [-0.4, -0.2) is 29.8 Å². The maximum absolute atomic E-state index is 13.0. The second kappa shape index (κ2) is 5.51. The molecule has 21 heavy (non-hydrogen) atoms. The van der Waals surface area contributed by atoms with Crippen LogP contribution in [0, 0.1) is 5.92 Å². The van der Waals surface area contributed by atoms with Gasteiger partial charge in [-0.2, -0.15) is 0 Å². The van der Waals surface area contributed by atoms with Crippen LogP contribution in [0.25, 0.3) is 0 Å². The standard InChI is InChI=1S/C17H22N2O2/c18-15(20)13-6-4-11-19(12-13)16(21)17(9-5-10-17)14-7-2-1-3-8-14/h1-3,7-8,13H,4-6,9-12H2,(H2,18,20). The number of hydrogen-bond donors (Lipinski definition) is 1. The zero-order valence-corrected chi connectivity index (χ0v) is 12.3. The number of benzene rings is 1. The first-order chi connectivity index (χ1) is 10.1. The Labute approximate surface area is 125 Å². The molecule has 1 aliphatic carbocycles. The summed E-state index contributed by atoms with van der Waals surface area (Å²) < 4.78 is 0. The van der Waals surface area contributed by atoms with Gasteiger partial charge in [-0.25, -0.2) is 0 Å². The molecule has 3 rings (SSSR count). The van der Waals surface area contributed by atoms with Gasteiger partial charge in [-0.3, -0.25) is 9.59 Å². The molecule has 1 heterocycles. The zero-order chi connectivity index (χ0) is 14.9. The first-order valence-electron chi connectivity index (χ1n) is 7.78. The van der Waals surface area contributed by atoms with Gasteiger partial charge in [0, 0.05) is 13.1 Å². The maximum Gasteiger partial charge on any atom is 0.233 e. The summed E-state index contributed by atoms with van der Waals surface area (Å²) >= 11 is 0. The highest BCUT2D eigenvalue weighted by molar-refractivity contribution is 5.90. The van der Waals surface area contributed by atoms with Crippen molar-refractivity contribution < 1.29 is 9.59 Å². The van der Waals surface area contributed by atoms with Crippen LogP contribution in [0.1, 0.15) is 37.7 Å². The minimum Gasteiger partial charge on any atom is -0.369 e. The van der Waals surface area contributed by atoms with Crippen LogP contribution >= 0.6 is 0 Å². The van der Waals surface area contributed by atoms with Gasteiger partial charge in [0.25, 0.3) is 0 Å². The van der Waals surface area contributed by atoms with E-state index in [1.807, 2.05) is 35.2 Å². The number of nitrogens with zero attached hydrogens (tertiary/aromatic N) is 1. The van der Waals surface area contributed by atoms with Gasteiger partial charge in [0.05, 0.1) is 11.3 Å². The van der Waals surface area contributed by atoms with E-state index in [-0.39, 0.29) is 23.1 Å². The summed E-state index contributed by atoms with van der Waals surface area (Å²) in [5, 5.41) is 0. The molecule has 0 aromatic heterocycles. The second-order valence-electron chi connectivity index (χ2n) is 6.29. The van der Waals surface area contributed by atoms with Gasteiger partial charge in [0.15, 0.2) is 0 Å². The zero-order valence-electron chi connectivity index (χ0n) is 12.3. The molecule has 1 atom stereocenters. The number of nitrogens with two attached hydrogens (primary N) is 1. The second-order valence-corrected chi connectivity index (χ2v) is 6.29. The number of piperidine rings is 1. The van der Waals surface area contributed by atoms with Gasteiger partial charge in [-0.1, -0.05) is 36.8 Å². The smallest absolute Gasteiger partial charge is 0.233 e. The first-order valence-corrected chi connectivity index (χ1v) is 7.78. The SMILES string of the molecule is NC(=O)C1CCCN(C(=O)C2(c3ccccc3)CCC2)C1. The molecule has 4 heteroatoms. The minimum absolute atomic E-state index is 0.185. The number of carbonyl (C=O) groups is 2. The Bertz CT molecular complexity index is 537. The fraction of sp³-hybridized carbons (Fsp3) is 0.529. The predicted octanol–water partition coefficient (Wildman–Crippen LogP) is 1.83. The third kappa shape index (κ3) is 2.43. The Hall–Kier alpha value is -1.84. The van der Waals surface area contributed by atoms with Crippen molar-refractivity contribution in [3.63, 3.8) is 0 Å². The molecule has 2 N–H and O–H groups in total. The molecule has 1 aromatic carbocycles. The van der Waals surface area contributed by atoms with Crippen LogP contribution in [0.5, 0.6) is 0 Å². The van der Waals surface area contributed by atoms with Crippen LogP contribution in [0.2, 0.25) is 0 Å². The van der Waals surface area contributed by atoms with E-state index in [4.69, 9.17) is 5.73 Å². The Balaban J connectivity index is 1.81. The summed E-state index contributed by atoms with van der Waals surface area (Å²) in [6.45, 7) is 1.24. The lowest BCUT2D eigenvalue weighted by molar-refractivity contribution is -0.143. The van der Waals surface area contributed by atoms with Gasteiger partial charge in [0.2, 0.25) is 11.8 Å². The molecule has 0 bridgehead atoms. The molecule has 0 spiro atoms. The average Bonchev–Trinajstić information content (AvgIpc) is 2.47. The molecule has 2 fully saturated rings. The highest BCUT2D eigenvalue weighted by Gasteiger charge is 2.48. The molecule has 0 radical (unpaired) electrons. The van der Waals surface area contributed by atoms with E-state index in [0.29, 0.717) is 6.54 Å². The lowest BCUT2D eigenvalue weighted by atomic mass is 9.63. The van der Waals surface area contributed by atoms with Crippen LogP contribution in [0.4, 0.5) is 0 Å². The molecule has 2 amide bonds. The lowest BCUT2D eigenvalue weighted by Crippen LogP contribution is -2.54. The predicted molar refractivity (Wildman–Crippen MR) is 80.5 cm³/mol. The van der Waals surface area contributed by atoms with Crippen molar-refractivity contribution in [2.75, 3.05) is 13.1 Å². The Morgan fingerprint density at radius 1 is 1.14 bits per heavy atom. The number of rotatable bonds is 3. The largest absolute Gasteiger partial charge is 0.369 e. The van der Waals surface area contributed by atoms with Gasteiger partial charge < -0.3 is 10.6 Å². The van der Waals surface area contributed by atoms with Crippen LogP contribution < -0.4 is 5.73 Å². The van der Waals surface area contributed by atoms with E-state index < -0.39 is 0 Å². The third-order valence-corrected chi connectivity index (χ3v) is 5.05. The van der Waals surface area contributed by atoms with Crippen molar-refractivity contribution in [1.82, 2.24) is 4.90 Å². The summed E-state index contributed by atoms with van der Waals surface area (Å²) in [5.74, 6) is -0.281. The molecule has 2 aliphatic rings. The number of amides is 2.